The van der Waals surface area contributed by atoms with Crippen molar-refractivity contribution < 1.29 is 13.2 Å². The monoisotopic (exact) mass is 248 g/mol. The minimum absolute atomic E-state index is 0.0157. The number of fused-ring (bicyclic) bond motifs is 1. The van der Waals surface area contributed by atoms with Crippen molar-refractivity contribution in [2.24, 2.45) is 0 Å². The highest BCUT2D eigenvalue weighted by Gasteiger charge is 2.32. The molecule has 2 rings (SSSR count). The van der Waals surface area contributed by atoms with E-state index in [1.807, 2.05) is 4.90 Å². The standard InChI is InChI=1S/C9H13F3N5/c10-9(11,12)5-7-14-15-8-6-16(2-1-13)3-4-17(7)8/h13H,1-6H2/q-1. The Morgan fingerprint density at radius 3 is 2.65 bits per heavy atom. The third-order valence-corrected chi connectivity index (χ3v) is 2.70. The number of hydrogen-bond donors (Lipinski definition) is 0. The molecule has 0 saturated heterocycles. The lowest BCUT2D eigenvalue weighted by atomic mass is 10.3. The smallest absolute Gasteiger partial charge is 0.396 e. The Morgan fingerprint density at radius 1 is 1.24 bits per heavy atom. The molecule has 0 saturated carbocycles. The van der Waals surface area contributed by atoms with Crippen molar-refractivity contribution in [3.63, 3.8) is 0 Å². The summed E-state index contributed by atoms with van der Waals surface area (Å²) < 4.78 is 38.3. The summed E-state index contributed by atoms with van der Waals surface area (Å²) in [5, 5.41) is 7.38. The van der Waals surface area contributed by atoms with Gasteiger partial charge in [-0.3, -0.25) is 4.90 Å². The van der Waals surface area contributed by atoms with Gasteiger partial charge in [0.05, 0.1) is 6.54 Å². The van der Waals surface area contributed by atoms with E-state index < -0.39 is 12.6 Å². The molecule has 96 valence electrons. The zero-order valence-electron chi connectivity index (χ0n) is 9.17. The van der Waals surface area contributed by atoms with E-state index in [-0.39, 0.29) is 12.4 Å². The minimum Gasteiger partial charge on any atom is -0.676 e. The van der Waals surface area contributed by atoms with Gasteiger partial charge in [-0.2, -0.15) is 13.2 Å². The number of alkyl halides is 3. The molecule has 0 radical (unpaired) electrons. The molecule has 1 aliphatic heterocycles. The van der Waals surface area contributed by atoms with Gasteiger partial charge in [0.15, 0.2) is 0 Å². The van der Waals surface area contributed by atoms with Gasteiger partial charge in [-0.05, 0) is 6.54 Å². The number of halogens is 3. The summed E-state index contributed by atoms with van der Waals surface area (Å²) in [6.45, 7) is 2.48. The molecule has 0 aromatic carbocycles. The SMILES string of the molecule is [NH-]CCN1CCn2c(nnc2CC(F)(F)F)C1. The van der Waals surface area contributed by atoms with Crippen molar-refractivity contribution >= 4 is 0 Å². The van der Waals surface area contributed by atoms with Crippen molar-refractivity contribution in [2.75, 3.05) is 19.6 Å². The van der Waals surface area contributed by atoms with Crippen LogP contribution in [-0.2, 0) is 19.5 Å². The number of rotatable bonds is 3. The Kier molecular flexibility index (Phi) is 3.34. The maximum atomic E-state index is 12.3. The summed E-state index contributed by atoms with van der Waals surface area (Å²) in [4.78, 5) is 1.99. The maximum Gasteiger partial charge on any atom is 0.396 e. The third kappa shape index (κ3) is 2.95. The zero-order chi connectivity index (χ0) is 12.5. The van der Waals surface area contributed by atoms with Crippen LogP contribution >= 0.6 is 0 Å². The highest BCUT2D eigenvalue weighted by molar-refractivity contribution is 5.00. The highest BCUT2D eigenvalue weighted by Crippen LogP contribution is 2.22. The first-order valence-electron chi connectivity index (χ1n) is 5.34. The van der Waals surface area contributed by atoms with Crippen LogP contribution in [0.5, 0.6) is 0 Å². The second-order valence-electron chi connectivity index (χ2n) is 4.00. The lowest BCUT2D eigenvalue weighted by Crippen LogP contribution is -2.36. The van der Waals surface area contributed by atoms with Crippen molar-refractivity contribution in [2.45, 2.75) is 25.7 Å². The van der Waals surface area contributed by atoms with Crippen LogP contribution < -0.4 is 0 Å². The maximum absolute atomic E-state index is 12.3. The van der Waals surface area contributed by atoms with Gasteiger partial charge >= 0.3 is 6.18 Å². The van der Waals surface area contributed by atoms with Crippen LogP contribution in [-0.4, -0.2) is 45.5 Å². The number of hydrogen-bond acceptors (Lipinski definition) is 3. The molecule has 0 unspecified atom stereocenters. The number of nitrogens with zero attached hydrogens (tertiary/aromatic N) is 4. The normalized spacial score (nSPS) is 17.2. The quantitative estimate of drug-likeness (QED) is 0.808. The Bertz CT molecular complexity index is 386. The van der Waals surface area contributed by atoms with Crippen LogP contribution in [0.15, 0.2) is 0 Å². The lowest BCUT2D eigenvalue weighted by molar-refractivity contribution is -0.129. The average molecular weight is 248 g/mol. The molecule has 5 nitrogen and oxygen atoms in total. The molecule has 0 spiro atoms. The largest absolute Gasteiger partial charge is 0.676 e. The topological polar surface area (TPSA) is 57.8 Å². The van der Waals surface area contributed by atoms with Gasteiger partial charge in [0.2, 0.25) is 0 Å². The molecule has 8 heteroatoms. The molecular formula is C9H13F3N5-. The fourth-order valence-corrected chi connectivity index (χ4v) is 1.93. The number of aromatic nitrogens is 3. The highest BCUT2D eigenvalue weighted by atomic mass is 19.4. The molecule has 0 atom stereocenters. The molecule has 2 heterocycles. The van der Waals surface area contributed by atoms with Crippen molar-refractivity contribution in [1.82, 2.24) is 19.7 Å². The summed E-state index contributed by atoms with van der Waals surface area (Å²) in [5.41, 5.74) is 7.11. The molecule has 1 N–H and O–H groups in total. The van der Waals surface area contributed by atoms with E-state index >= 15 is 0 Å². The predicted molar refractivity (Wildman–Crippen MR) is 54.2 cm³/mol. The van der Waals surface area contributed by atoms with E-state index in [0.29, 0.717) is 32.0 Å². The van der Waals surface area contributed by atoms with Crippen LogP contribution in [0.4, 0.5) is 13.2 Å². The van der Waals surface area contributed by atoms with E-state index in [9.17, 15) is 13.2 Å². The van der Waals surface area contributed by atoms with Crippen LogP contribution in [0.3, 0.4) is 0 Å². The molecule has 0 aliphatic carbocycles. The summed E-state index contributed by atoms with van der Waals surface area (Å²) in [6.07, 6.45) is -5.28. The van der Waals surface area contributed by atoms with Crippen molar-refractivity contribution in [3.8, 4) is 0 Å². The van der Waals surface area contributed by atoms with E-state index in [1.165, 1.54) is 4.57 Å². The average Bonchev–Trinajstić information content (AvgIpc) is 2.59. The van der Waals surface area contributed by atoms with Gasteiger partial charge < -0.3 is 10.3 Å². The Morgan fingerprint density at radius 2 is 2.00 bits per heavy atom. The second kappa shape index (κ2) is 4.61. The molecule has 0 bridgehead atoms. The van der Waals surface area contributed by atoms with E-state index in [2.05, 4.69) is 10.2 Å². The molecular weight excluding hydrogens is 235 g/mol. The first kappa shape index (κ1) is 12.3. The minimum atomic E-state index is -4.25. The first-order chi connectivity index (χ1) is 7.99. The van der Waals surface area contributed by atoms with Crippen LogP contribution in [0.1, 0.15) is 11.6 Å². The molecule has 1 aromatic heterocycles. The Hall–Kier alpha value is -1.15. The predicted octanol–water partition coefficient (Wildman–Crippen LogP) is 1.25. The van der Waals surface area contributed by atoms with E-state index in [0.717, 1.165) is 0 Å². The fourth-order valence-electron chi connectivity index (χ4n) is 1.93. The second-order valence-corrected chi connectivity index (χ2v) is 4.00. The molecule has 17 heavy (non-hydrogen) atoms. The Balaban J connectivity index is 2.10. The fraction of sp³-hybridized carbons (Fsp3) is 0.778. The van der Waals surface area contributed by atoms with Gasteiger partial charge in [0.25, 0.3) is 0 Å². The number of nitrogens with one attached hydrogen (secondary N) is 1. The molecule has 1 aliphatic rings. The summed E-state index contributed by atoms with van der Waals surface area (Å²) in [5.74, 6) is 0.543. The van der Waals surface area contributed by atoms with Crippen LogP contribution in [0, 0.1) is 0 Å². The summed E-state index contributed by atoms with van der Waals surface area (Å²) >= 11 is 0. The van der Waals surface area contributed by atoms with Crippen LogP contribution in [0.25, 0.3) is 5.73 Å². The van der Waals surface area contributed by atoms with Gasteiger partial charge in [-0.15, -0.1) is 16.7 Å². The van der Waals surface area contributed by atoms with Gasteiger partial charge in [0.1, 0.15) is 18.1 Å². The van der Waals surface area contributed by atoms with Gasteiger partial charge in [0, 0.05) is 13.1 Å². The van der Waals surface area contributed by atoms with Crippen molar-refractivity contribution in [3.05, 3.63) is 17.4 Å². The van der Waals surface area contributed by atoms with E-state index in [4.69, 9.17) is 5.73 Å². The third-order valence-electron chi connectivity index (χ3n) is 2.70. The summed E-state index contributed by atoms with van der Waals surface area (Å²) in [7, 11) is 0. The lowest BCUT2D eigenvalue weighted by Gasteiger charge is -2.28. The molecule has 1 aromatic rings. The molecule has 0 fully saturated rings. The van der Waals surface area contributed by atoms with Crippen molar-refractivity contribution in [1.29, 1.82) is 0 Å². The zero-order valence-corrected chi connectivity index (χ0v) is 9.17. The Labute approximate surface area is 96.4 Å². The van der Waals surface area contributed by atoms with Crippen LogP contribution in [0.2, 0.25) is 0 Å². The van der Waals surface area contributed by atoms with Gasteiger partial charge in [-0.25, -0.2) is 0 Å². The van der Waals surface area contributed by atoms with Gasteiger partial charge in [-0.1, -0.05) is 0 Å². The first-order valence-corrected chi connectivity index (χ1v) is 5.34. The molecule has 0 amide bonds. The van der Waals surface area contributed by atoms with E-state index in [1.54, 1.807) is 0 Å². The summed E-state index contributed by atoms with van der Waals surface area (Å²) in [6, 6.07) is 0.